The van der Waals surface area contributed by atoms with Crippen LogP contribution in [-0.4, -0.2) is 264 Å². The standard InChI is InChI=1S/C88H98O24/c1(67-5-17-79-83(61-67)109-57-49-101-41-33-93-25-21-89-29-37-97-45-53-105-79)9-71-65-72(10-2-68-6-18-80-84(62-68)110-58-50-102-42-34-94-26-22-90-30-38-98-46-54-106-80)76-15-16-78-74(12-4-70-8-20-82-86(64-70)112-60-52-104-44-36-96-28-24-92-32-40-100-48-56-108-82)66-73(77-14-13-75(71)87(76)88(77)78)11-3-69-7-19-81-85(63-69)111-59-51-103-43-35-95-27-23-91-31-39-99-47-55-107-81/h5-8,13-20,61-66H,21-60H2. The largest absolute Gasteiger partial charge is 0.487 e. The van der Waals surface area contributed by atoms with Crippen molar-refractivity contribution in [3.05, 3.63) is 154 Å². The second-order valence-electron chi connectivity index (χ2n) is 25.2. The molecule has 0 saturated heterocycles. The van der Waals surface area contributed by atoms with E-state index >= 15 is 0 Å². The summed E-state index contributed by atoms with van der Waals surface area (Å²) in [7, 11) is 0. The smallest absolute Gasteiger partial charge is 0.162 e. The normalized spacial score (nSPS) is 18.2. The fourth-order valence-electron chi connectivity index (χ4n) is 12.0. The van der Waals surface area contributed by atoms with Gasteiger partial charge in [0.25, 0.3) is 0 Å². The van der Waals surface area contributed by atoms with Gasteiger partial charge >= 0.3 is 0 Å². The van der Waals surface area contributed by atoms with E-state index in [-0.39, 0.29) is 52.9 Å². The fraction of sp³-hybridized carbons (Fsp3) is 0.455. The van der Waals surface area contributed by atoms with E-state index < -0.39 is 0 Å². The molecule has 0 unspecified atom stereocenters. The Morgan fingerprint density at radius 1 is 0.143 bits per heavy atom. The predicted octanol–water partition coefficient (Wildman–Crippen LogP) is 9.53. The van der Waals surface area contributed by atoms with Gasteiger partial charge in [-0.15, -0.1) is 0 Å². The van der Waals surface area contributed by atoms with E-state index in [0.717, 1.165) is 32.3 Å². The summed E-state index contributed by atoms with van der Waals surface area (Å²) in [5.41, 5.74) is 5.58. The summed E-state index contributed by atoms with van der Waals surface area (Å²) in [6.07, 6.45) is 0. The number of hydrogen-bond acceptors (Lipinski definition) is 24. The van der Waals surface area contributed by atoms with Crippen molar-refractivity contribution >= 4 is 32.3 Å². The zero-order valence-electron chi connectivity index (χ0n) is 63.5. The van der Waals surface area contributed by atoms with Crippen LogP contribution in [-0.2, 0) is 75.8 Å². The molecule has 24 heteroatoms. The summed E-state index contributed by atoms with van der Waals surface area (Å²) in [5, 5.41) is 5.34. The molecular formula is C88H98O24. The molecule has 4 heterocycles. The molecule has 12 rings (SSSR count). The lowest BCUT2D eigenvalue weighted by Crippen LogP contribution is -2.16. The van der Waals surface area contributed by atoms with Gasteiger partial charge in [-0.25, -0.2) is 0 Å². The average molecular weight is 1540 g/mol. The van der Waals surface area contributed by atoms with Crippen molar-refractivity contribution in [2.24, 2.45) is 0 Å². The first-order valence-electron chi connectivity index (χ1n) is 38.4. The third-order valence-corrected chi connectivity index (χ3v) is 17.4. The fourth-order valence-corrected chi connectivity index (χ4v) is 12.0. The maximum absolute atomic E-state index is 6.37. The molecule has 8 aromatic rings. The quantitative estimate of drug-likeness (QED) is 0.102. The molecule has 0 atom stereocenters. The SMILES string of the molecule is C(#Cc1cc(C#Cc2ccc3c(c2)OCCOCCOCCOCCOCCO3)c2ccc3c(C#Cc4ccc5c(c4)OCCOCCOCCOCCOCCO5)cc(C#Cc4ccc5c(c4)OCCOCCOCCOCCOCCO5)c4ccc1c2c43)c1ccc2c(c1)OCCOCCOCCOCCOCCO2. The van der Waals surface area contributed by atoms with Crippen molar-refractivity contribution < 1.29 is 114 Å². The lowest BCUT2D eigenvalue weighted by Gasteiger charge is -2.16. The second kappa shape index (κ2) is 48.0. The molecule has 0 spiro atoms. The highest BCUT2D eigenvalue weighted by molar-refractivity contribution is 6.27. The van der Waals surface area contributed by atoms with E-state index in [2.05, 4.69) is 83.8 Å². The van der Waals surface area contributed by atoms with Crippen LogP contribution in [0.15, 0.2) is 109 Å². The first-order valence-corrected chi connectivity index (χ1v) is 38.4. The van der Waals surface area contributed by atoms with Gasteiger partial charge in [0.15, 0.2) is 46.0 Å². The summed E-state index contributed by atoms with van der Waals surface area (Å²) >= 11 is 0. The lowest BCUT2D eigenvalue weighted by molar-refractivity contribution is -0.00841. The Bertz CT molecular complexity index is 3910. The van der Waals surface area contributed by atoms with E-state index in [1.165, 1.54) is 0 Å². The van der Waals surface area contributed by atoms with E-state index in [1.54, 1.807) is 0 Å². The molecular weight excluding hydrogens is 1440 g/mol. The summed E-state index contributed by atoms with van der Waals surface area (Å²) in [4.78, 5) is 0. The van der Waals surface area contributed by atoms with Gasteiger partial charge in [-0.2, -0.15) is 0 Å². The molecule has 24 nitrogen and oxygen atoms in total. The van der Waals surface area contributed by atoms with Crippen molar-refractivity contribution in [1.29, 1.82) is 0 Å². The molecule has 0 aliphatic carbocycles. The van der Waals surface area contributed by atoms with Crippen LogP contribution in [0.4, 0.5) is 0 Å². The van der Waals surface area contributed by atoms with E-state index in [1.807, 2.05) is 72.8 Å². The van der Waals surface area contributed by atoms with Crippen molar-refractivity contribution in [1.82, 2.24) is 0 Å². The molecule has 0 radical (unpaired) electrons. The van der Waals surface area contributed by atoms with Gasteiger partial charge in [0.2, 0.25) is 0 Å². The van der Waals surface area contributed by atoms with Crippen LogP contribution >= 0.6 is 0 Å². The molecule has 594 valence electrons. The number of ether oxygens (including phenoxy) is 24. The van der Waals surface area contributed by atoms with Crippen molar-refractivity contribution in [2.45, 2.75) is 0 Å². The van der Waals surface area contributed by atoms with Gasteiger partial charge in [-0.3, -0.25) is 0 Å². The summed E-state index contributed by atoms with van der Waals surface area (Å²) in [5.74, 6) is 32.6. The molecule has 0 aromatic heterocycles. The molecule has 0 amide bonds. The van der Waals surface area contributed by atoms with E-state index in [4.69, 9.17) is 114 Å². The predicted molar refractivity (Wildman–Crippen MR) is 417 cm³/mol. The average Bonchev–Trinajstić information content (AvgIpc) is 0.719. The molecule has 4 aliphatic heterocycles. The topological polar surface area (TPSA) is 222 Å². The minimum Gasteiger partial charge on any atom is -0.487 e. The van der Waals surface area contributed by atoms with Gasteiger partial charge in [0, 0.05) is 44.5 Å². The zero-order chi connectivity index (χ0) is 76.3. The molecule has 8 aromatic carbocycles. The van der Waals surface area contributed by atoms with Gasteiger partial charge in [-0.05, 0) is 117 Å². The van der Waals surface area contributed by atoms with Crippen LogP contribution < -0.4 is 37.9 Å². The second-order valence-corrected chi connectivity index (χ2v) is 25.2. The third kappa shape index (κ3) is 27.0. The Balaban J connectivity index is 0.967. The number of fused-ring (bicyclic) bond motifs is 4. The summed E-state index contributed by atoms with van der Waals surface area (Å²) in [6.45, 7) is 15.4. The van der Waals surface area contributed by atoms with Crippen LogP contribution in [0.25, 0.3) is 32.3 Å². The van der Waals surface area contributed by atoms with Crippen LogP contribution in [0, 0.1) is 47.4 Å². The first-order chi connectivity index (χ1) is 55.7. The molecule has 4 aliphatic rings. The van der Waals surface area contributed by atoms with Crippen LogP contribution in [0.3, 0.4) is 0 Å². The van der Waals surface area contributed by atoms with Gasteiger partial charge in [-0.1, -0.05) is 71.6 Å². The Morgan fingerprint density at radius 3 is 0.464 bits per heavy atom. The Morgan fingerprint density at radius 2 is 0.295 bits per heavy atom. The van der Waals surface area contributed by atoms with Crippen molar-refractivity contribution in [3.8, 4) is 93.4 Å². The molecule has 0 N–H and O–H groups in total. The maximum atomic E-state index is 6.37. The molecule has 0 saturated carbocycles. The van der Waals surface area contributed by atoms with Crippen LogP contribution in [0.2, 0.25) is 0 Å². The third-order valence-electron chi connectivity index (χ3n) is 17.4. The highest BCUT2D eigenvalue weighted by Crippen LogP contribution is 2.41. The number of rotatable bonds is 0. The van der Waals surface area contributed by atoms with Gasteiger partial charge in [0.1, 0.15) is 52.9 Å². The Labute approximate surface area is 654 Å². The van der Waals surface area contributed by atoms with E-state index in [9.17, 15) is 0 Å². The summed E-state index contributed by atoms with van der Waals surface area (Å²) in [6, 6.07) is 35.2. The number of hydrogen-bond donors (Lipinski definition) is 0. The monoisotopic (exact) mass is 1540 g/mol. The van der Waals surface area contributed by atoms with Crippen molar-refractivity contribution in [3.63, 3.8) is 0 Å². The molecule has 0 fully saturated rings. The van der Waals surface area contributed by atoms with Gasteiger partial charge in [0.05, 0.1) is 211 Å². The maximum Gasteiger partial charge on any atom is 0.162 e. The Hall–Kier alpha value is -9.20. The molecule has 0 bridgehead atoms. The lowest BCUT2D eigenvalue weighted by atomic mass is 9.86. The first kappa shape index (κ1) is 82.3. The van der Waals surface area contributed by atoms with E-state index in [0.29, 0.717) is 302 Å². The van der Waals surface area contributed by atoms with Gasteiger partial charge < -0.3 is 114 Å². The molecule has 112 heavy (non-hydrogen) atoms. The summed E-state index contributed by atoms with van der Waals surface area (Å²) < 4.78 is 143. The minimum atomic E-state index is 0.258. The van der Waals surface area contributed by atoms with Crippen molar-refractivity contribution in [2.75, 3.05) is 264 Å². The van der Waals surface area contributed by atoms with Crippen LogP contribution in [0.1, 0.15) is 44.5 Å². The minimum absolute atomic E-state index is 0.258. The van der Waals surface area contributed by atoms with Crippen LogP contribution in [0.5, 0.6) is 46.0 Å². The number of benzene rings is 8. The Kier molecular flexibility index (Phi) is 35.3. The zero-order valence-corrected chi connectivity index (χ0v) is 63.5. The highest BCUT2D eigenvalue weighted by Gasteiger charge is 2.20. The highest BCUT2D eigenvalue weighted by atomic mass is 16.6.